The minimum atomic E-state index is -0.821. The predicted octanol–water partition coefficient (Wildman–Crippen LogP) is 2.55. The van der Waals surface area contributed by atoms with Gasteiger partial charge in [-0.25, -0.2) is 4.68 Å². The molecule has 10 heteroatoms. The highest BCUT2D eigenvalue weighted by atomic mass is 32.1. The first-order valence-electron chi connectivity index (χ1n) is 12.2. The number of fused-ring (bicyclic) bond motifs is 3. The Kier molecular flexibility index (Phi) is 6.02. The molecule has 5 rings (SSSR count). The predicted molar refractivity (Wildman–Crippen MR) is 139 cm³/mol. The standard InChI is InChI=1S/C26H30N6O3S/c1-15-22(25(35)32(30(15)5)17-9-7-6-8-10-17)27-20(33)14-31-24(34)21-18-12-11-16(26(2,3)4)13-19(18)36-23(21)28-29-31/h6-10,16,22H,11-14H2,1-5H3/p+1. The highest BCUT2D eigenvalue weighted by molar-refractivity contribution is 7.18. The van der Waals surface area contributed by atoms with Crippen LogP contribution in [0.25, 0.3) is 10.2 Å². The van der Waals surface area contributed by atoms with Crippen LogP contribution in [0.5, 0.6) is 0 Å². The van der Waals surface area contributed by atoms with Gasteiger partial charge >= 0.3 is 5.91 Å². The molecule has 2 aromatic heterocycles. The molecule has 188 valence electrons. The zero-order valence-electron chi connectivity index (χ0n) is 21.2. The summed E-state index contributed by atoms with van der Waals surface area (Å²) in [7, 11) is 1.78. The van der Waals surface area contributed by atoms with Crippen molar-refractivity contribution in [2.24, 2.45) is 11.3 Å². The number of hydrazine groups is 1. The number of aromatic nitrogens is 3. The van der Waals surface area contributed by atoms with E-state index in [-0.39, 0.29) is 23.4 Å². The van der Waals surface area contributed by atoms with Crippen LogP contribution in [0.2, 0.25) is 0 Å². The van der Waals surface area contributed by atoms with Crippen molar-refractivity contribution < 1.29 is 14.3 Å². The molecule has 3 aromatic rings. The Morgan fingerprint density at radius 2 is 1.94 bits per heavy atom. The molecule has 36 heavy (non-hydrogen) atoms. The van der Waals surface area contributed by atoms with Crippen LogP contribution >= 0.6 is 11.3 Å². The van der Waals surface area contributed by atoms with E-state index >= 15 is 0 Å². The van der Waals surface area contributed by atoms with Crippen LogP contribution in [0, 0.1) is 11.3 Å². The quantitative estimate of drug-likeness (QED) is 0.547. The first kappa shape index (κ1) is 24.3. The number of benzene rings is 1. The maximum Gasteiger partial charge on any atom is 0.316 e. The van der Waals surface area contributed by atoms with Crippen LogP contribution in [0.1, 0.15) is 44.6 Å². The van der Waals surface area contributed by atoms with Crippen LogP contribution < -0.4 is 15.9 Å². The van der Waals surface area contributed by atoms with Crippen LogP contribution in [0.3, 0.4) is 0 Å². The van der Waals surface area contributed by atoms with Gasteiger partial charge in [-0.15, -0.1) is 21.1 Å². The number of thiophene rings is 1. The van der Waals surface area contributed by atoms with Gasteiger partial charge in [0.1, 0.15) is 12.2 Å². The lowest BCUT2D eigenvalue weighted by atomic mass is 9.72. The Labute approximate surface area is 213 Å². The minimum Gasteiger partial charge on any atom is -0.334 e. The second-order valence-electron chi connectivity index (χ2n) is 10.7. The third kappa shape index (κ3) is 4.13. The van der Waals surface area contributed by atoms with Crippen molar-refractivity contribution in [3.8, 4) is 0 Å². The van der Waals surface area contributed by atoms with Crippen LogP contribution in [-0.4, -0.2) is 50.3 Å². The number of hydrogen-bond donors (Lipinski definition) is 1. The summed E-state index contributed by atoms with van der Waals surface area (Å²) in [6.45, 7) is 8.26. The SMILES string of the molecule is CC1=[N+](C)N(c2ccccc2)C(=O)C1NC(=O)Cn1nnc2sc3c(c2c1=O)CCC(C(C)(C)C)C3. The van der Waals surface area contributed by atoms with E-state index < -0.39 is 11.9 Å². The molecule has 0 saturated carbocycles. The third-order valence-corrected chi connectivity index (χ3v) is 8.59. The first-order chi connectivity index (χ1) is 17.1. The summed E-state index contributed by atoms with van der Waals surface area (Å²) in [5.41, 5.74) is 2.36. The van der Waals surface area contributed by atoms with Gasteiger partial charge in [0.15, 0.2) is 17.9 Å². The van der Waals surface area contributed by atoms with Gasteiger partial charge in [0.05, 0.1) is 5.39 Å². The van der Waals surface area contributed by atoms with E-state index in [0.717, 1.165) is 29.5 Å². The van der Waals surface area contributed by atoms with Gasteiger partial charge in [0.2, 0.25) is 11.6 Å². The number of carbonyl (C=O) groups is 2. The summed E-state index contributed by atoms with van der Waals surface area (Å²) in [6.07, 6.45) is 2.79. The molecular formula is C26H31N6O3S+. The molecule has 3 heterocycles. The van der Waals surface area contributed by atoms with E-state index in [9.17, 15) is 14.4 Å². The van der Waals surface area contributed by atoms with Gasteiger partial charge < -0.3 is 5.32 Å². The lowest BCUT2D eigenvalue weighted by Gasteiger charge is -2.33. The molecule has 1 aliphatic heterocycles. The van der Waals surface area contributed by atoms with Crippen molar-refractivity contribution in [3.63, 3.8) is 0 Å². The fourth-order valence-electron chi connectivity index (χ4n) is 5.14. The number of aryl methyl sites for hydroxylation is 1. The number of amides is 2. The molecule has 9 nitrogen and oxygen atoms in total. The molecule has 0 fully saturated rings. The van der Waals surface area contributed by atoms with Crippen molar-refractivity contribution in [2.75, 3.05) is 12.1 Å². The summed E-state index contributed by atoms with van der Waals surface area (Å²) in [6, 6.07) is 8.43. The maximum atomic E-state index is 13.3. The summed E-state index contributed by atoms with van der Waals surface area (Å²) < 4.78 is 2.83. The first-order valence-corrected chi connectivity index (χ1v) is 13.0. The molecule has 0 spiro atoms. The van der Waals surface area contributed by atoms with Gasteiger partial charge in [-0.05, 0) is 48.3 Å². The molecule has 1 aliphatic carbocycles. The van der Waals surface area contributed by atoms with Gasteiger partial charge in [-0.1, -0.05) is 49.2 Å². The summed E-state index contributed by atoms with van der Waals surface area (Å²) in [4.78, 5) is 41.2. The number of nitrogens with zero attached hydrogens (tertiary/aromatic N) is 5. The Morgan fingerprint density at radius 3 is 2.64 bits per heavy atom. The smallest absolute Gasteiger partial charge is 0.316 e. The average molecular weight is 508 g/mol. The number of anilines is 1. The topological polar surface area (TPSA) is 100 Å². The zero-order chi connectivity index (χ0) is 25.8. The second-order valence-corrected chi connectivity index (χ2v) is 11.8. The van der Waals surface area contributed by atoms with E-state index in [0.29, 0.717) is 27.5 Å². The van der Waals surface area contributed by atoms with Gasteiger partial charge in [-0.2, -0.15) is 0 Å². The van der Waals surface area contributed by atoms with E-state index in [4.69, 9.17) is 0 Å². The number of rotatable bonds is 4. The van der Waals surface area contributed by atoms with E-state index in [2.05, 4.69) is 36.4 Å². The monoisotopic (exact) mass is 507 g/mol. The molecule has 2 atom stereocenters. The molecule has 0 saturated heterocycles. The van der Waals surface area contributed by atoms with Crippen molar-refractivity contribution in [1.29, 1.82) is 0 Å². The molecule has 2 amide bonds. The number of para-hydroxylation sites is 1. The minimum absolute atomic E-state index is 0.203. The molecule has 0 radical (unpaired) electrons. The fourth-order valence-corrected chi connectivity index (χ4v) is 6.38. The Bertz CT molecular complexity index is 1450. The summed E-state index contributed by atoms with van der Waals surface area (Å²) >= 11 is 1.54. The lowest BCUT2D eigenvalue weighted by Crippen LogP contribution is -2.47. The summed E-state index contributed by atoms with van der Waals surface area (Å²) in [5.74, 6) is -0.177. The molecule has 2 aliphatic rings. The van der Waals surface area contributed by atoms with E-state index in [1.807, 2.05) is 30.3 Å². The van der Waals surface area contributed by atoms with Crippen molar-refractivity contribution in [2.45, 2.75) is 59.5 Å². The molecule has 2 unspecified atom stereocenters. The average Bonchev–Trinajstić information content (AvgIpc) is 3.31. The Balaban J connectivity index is 1.36. The summed E-state index contributed by atoms with van der Waals surface area (Å²) in [5, 5.41) is 13.2. The highest BCUT2D eigenvalue weighted by Gasteiger charge is 2.45. The Morgan fingerprint density at radius 1 is 1.22 bits per heavy atom. The Hall–Kier alpha value is -3.40. The number of carbonyl (C=O) groups excluding carboxylic acids is 2. The van der Waals surface area contributed by atoms with Crippen molar-refractivity contribution in [1.82, 2.24) is 20.3 Å². The number of nitrogens with one attached hydrogen (secondary N) is 1. The number of hydrogen-bond acceptors (Lipinski definition) is 6. The van der Waals surface area contributed by atoms with Gasteiger partial charge in [0, 0.05) is 11.8 Å². The molecule has 1 N–H and O–H groups in total. The second kappa shape index (κ2) is 8.92. The van der Waals surface area contributed by atoms with Crippen molar-refractivity contribution in [3.05, 3.63) is 51.1 Å². The molecule has 0 bridgehead atoms. The van der Waals surface area contributed by atoms with Crippen LogP contribution in [0.15, 0.2) is 35.1 Å². The van der Waals surface area contributed by atoms with E-state index in [1.54, 1.807) is 18.7 Å². The normalized spacial score (nSPS) is 20.2. The zero-order valence-corrected chi connectivity index (χ0v) is 22.1. The third-order valence-electron chi connectivity index (χ3n) is 7.45. The fraction of sp³-hybridized carbons (Fsp3) is 0.462. The van der Waals surface area contributed by atoms with Crippen molar-refractivity contribution >= 4 is 44.8 Å². The van der Waals surface area contributed by atoms with Crippen LogP contribution in [0.4, 0.5) is 5.69 Å². The maximum absolute atomic E-state index is 13.3. The highest BCUT2D eigenvalue weighted by Crippen LogP contribution is 2.41. The number of hydrazone groups is 1. The van der Waals surface area contributed by atoms with Gasteiger partial charge in [0.25, 0.3) is 5.56 Å². The largest absolute Gasteiger partial charge is 0.334 e. The van der Waals surface area contributed by atoms with E-state index in [1.165, 1.54) is 21.2 Å². The molecular weight excluding hydrogens is 476 g/mol. The van der Waals surface area contributed by atoms with Gasteiger partial charge in [-0.3, -0.25) is 14.4 Å². The lowest BCUT2D eigenvalue weighted by molar-refractivity contribution is -0.495. The van der Waals surface area contributed by atoms with Crippen LogP contribution in [-0.2, 0) is 29.0 Å². The molecule has 1 aromatic carbocycles.